The number of hydrogen-bond acceptors (Lipinski definition) is 3. The van der Waals surface area contributed by atoms with Gasteiger partial charge < -0.3 is 9.84 Å². The maximum absolute atomic E-state index is 10.6. The lowest BCUT2D eigenvalue weighted by Crippen LogP contribution is -2.58. The van der Waals surface area contributed by atoms with Crippen LogP contribution in [-0.4, -0.2) is 48.0 Å². The maximum atomic E-state index is 10.6. The Morgan fingerprint density at radius 2 is 1.89 bits per heavy atom. The normalized spacial score (nSPS) is 36.6. The average Bonchev–Trinajstić information content (AvgIpc) is 2.52. The Morgan fingerprint density at radius 3 is 2.17 bits per heavy atom. The van der Waals surface area contributed by atoms with E-state index in [0.29, 0.717) is 5.92 Å². The molecule has 1 N–H and O–H groups in total. The van der Waals surface area contributed by atoms with Crippen LogP contribution in [0.2, 0.25) is 0 Å². The van der Waals surface area contributed by atoms with E-state index in [9.17, 15) is 5.11 Å². The SMILES string of the molecule is C#C[C@@]1(N(C)C)[C@H](O)[C@@H](CC(C)C)O[C@H]1C(C)C. The van der Waals surface area contributed by atoms with Crippen molar-refractivity contribution >= 4 is 0 Å². The van der Waals surface area contributed by atoms with Gasteiger partial charge in [0.25, 0.3) is 0 Å². The van der Waals surface area contributed by atoms with Crippen LogP contribution in [0.1, 0.15) is 34.1 Å². The van der Waals surface area contributed by atoms with Crippen LogP contribution in [0.15, 0.2) is 0 Å². The Morgan fingerprint density at radius 1 is 1.33 bits per heavy atom. The van der Waals surface area contributed by atoms with Gasteiger partial charge in [0, 0.05) is 0 Å². The molecule has 0 spiro atoms. The fraction of sp³-hybridized carbons (Fsp3) is 0.867. The summed E-state index contributed by atoms with van der Waals surface area (Å²) in [6.07, 6.45) is 5.65. The molecule has 1 aliphatic rings. The van der Waals surface area contributed by atoms with Crippen molar-refractivity contribution in [1.29, 1.82) is 0 Å². The van der Waals surface area contributed by atoms with Crippen LogP contribution in [0.4, 0.5) is 0 Å². The number of likely N-dealkylation sites (N-methyl/N-ethyl adjacent to an activating group) is 1. The summed E-state index contributed by atoms with van der Waals surface area (Å²) in [5.74, 6) is 3.57. The van der Waals surface area contributed by atoms with Gasteiger partial charge in [0.05, 0.1) is 12.2 Å². The molecule has 1 rings (SSSR count). The Hall–Kier alpha value is -0.560. The summed E-state index contributed by atoms with van der Waals surface area (Å²) in [5, 5.41) is 10.6. The molecule has 0 aromatic rings. The molecule has 0 saturated carbocycles. The third-order valence-electron chi connectivity index (χ3n) is 3.84. The highest BCUT2D eigenvalue weighted by molar-refractivity contribution is 5.25. The number of hydrogen-bond donors (Lipinski definition) is 1. The monoisotopic (exact) mass is 253 g/mol. The highest BCUT2D eigenvalue weighted by Gasteiger charge is 2.57. The van der Waals surface area contributed by atoms with Gasteiger partial charge in [0.2, 0.25) is 0 Å². The van der Waals surface area contributed by atoms with Crippen LogP contribution in [0.3, 0.4) is 0 Å². The second kappa shape index (κ2) is 5.61. The molecule has 3 nitrogen and oxygen atoms in total. The first-order chi connectivity index (χ1) is 8.27. The first-order valence-corrected chi connectivity index (χ1v) is 6.76. The molecule has 1 heterocycles. The molecule has 0 aromatic carbocycles. The van der Waals surface area contributed by atoms with Gasteiger partial charge in [-0.2, -0.15) is 0 Å². The fourth-order valence-corrected chi connectivity index (χ4v) is 2.95. The van der Waals surface area contributed by atoms with Crippen LogP contribution >= 0.6 is 0 Å². The van der Waals surface area contributed by atoms with E-state index in [0.717, 1.165) is 6.42 Å². The van der Waals surface area contributed by atoms with E-state index < -0.39 is 11.6 Å². The van der Waals surface area contributed by atoms with Gasteiger partial charge in [-0.15, -0.1) is 6.42 Å². The van der Waals surface area contributed by atoms with E-state index in [2.05, 4.69) is 33.6 Å². The second-order valence-electron chi connectivity index (χ2n) is 6.28. The Bertz CT molecular complexity index is 319. The molecular formula is C15H27NO2. The number of aliphatic hydroxyl groups is 1. The van der Waals surface area contributed by atoms with Crippen LogP contribution < -0.4 is 0 Å². The Kier molecular flexibility index (Phi) is 4.83. The summed E-state index contributed by atoms with van der Waals surface area (Å²) in [6, 6.07) is 0. The van der Waals surface area contributed by atoms with Crippen LogP contribution in [0.25, 0.3) is 0 Å². The first kappa shape index (κ1) is 15.5. The number of aliphatic hydroxyl groups excluding tert-OH is 1. The number of ether oxygens (including phenoxy) is 1. The quantitative estimate of drug-likeness (QED) is 0.775. The summed E-state index contributed by atoms with van der Waals surface area (Å²) in [5.41, 5.74) is -0.715. The average molecular weight is 253 g/mol. The molecule has 1 saturated heterocycles. The van der Waals surface area contributed by atoms with Crippen molar-refractivity contribution in [3.05, 3.63) is 0 Å². The molecule has 104 valence electrons. The smallest absolute Gasteiger partial charge is 0.137 e. The minimum Gasteiger partial charge on any atom is -0.387 e. The zero-order chi connectivity index (χ0) is 14.1. The molecule has 0 radical (unpaired) electrons. The van der Waals surface area contributed by atoms with Crippen LogP contribution in [0.5, 0.6) is 0 Å². The van der Waals surface area contributed by atoms with Gasteiger partial charge in [-0.3, -0.25) is 4.90 Å². The van der Waals surface area contributed by atoms with Crippen molar-refractivity contribution in [3.63, 3.8) is 0 Å². The third-order valence-corrected chi connectivity index (χ3v) is 3.84. The molecule has 0 aliphatic carbocycles. The molecule has 0 aromatic heterocycles. The van der Waals surface area contributed by atoms with Crippen LogP contribution in [-0.2, 0) is 4.74 Å². The predicted octanol–water partition coefficient (Wildman–Crippen LogP) is 1.75. The highest BCUT2D eigenvalue weighted by Crippen LogP contribution is 2.40. The zero-order valence-electron chi connectivity index (χ0n) is 12.5. The van der Waals surface area contributed by atoms with Crippen molar-refractivity contribution < 1.29 is 9.84 Å². The van der Waals surface area contributed by atoms with E-state index >= 15 is 0 Å². The standard InChI is InChI=1S/C15H27NO2/c1-8-15(16(6)7)13(17)12(9-10(2)3)18-14(15)11(4)5/h1,10-14,17H,9H2,2-7H3/t12-,13-,14+,15-/m1/s1. The van der Waals surface area contributed by atoms with Gasteiger partial charge in [-0.05, 0) is 32.4 Å². The molecule has 1 fully saturated rings. The van der Waals surface area contributed by atoms with Gasteiger partial charge in [-0.25, -0.2) is 0 Å². The summed E-state index contributed by atoms with van der Waals surface area (Å²) < 4.78 is 6.08. The number of terminal acetylenes is 1. The van der Waals surface area contributed by atoms with Gasteiger partial charge >= 0.3 is 0 Å². The number of nitrogens with zero attached hydrogens (tertiary/aromatic N) is 1. The summed E-state index contributed by atoms with van der Waals surface area (Å²) in [4.78, 5) is 1.93. The molecule has 0 amide bonds. The number of rotatable bonds is 4. The molecule has 18 heavy (non-hydrogen) atoms. The van der Waals surface area contributed by atoms with E-state index in [1.165, 1.54) is 0 Å². The molecule has 1 aliphatic heterocycles. The maximum Gasteiger partial charge on any atom is 0.137 e. The van der Waals surface area contributed by atoms with Crippen molar-refractivity contribution in [1.82, 2.24) is 4.90 Å². The molecule has 3 heteroatoms. The molecule has 0 bridgehead atoms. The van der Waals surface area contributed by atoms with E-state index in [4.69, 9.17) is 11.2 Å². The molecule has 0 unspecified atom stereocenters. The predicted molar refractivity (Wildman–Crippen MR) is 74.2 cm³/mol. The van der Waals surface area contributed by atoms with Crippen molar-refractivity contribution in [2.24, 2.45) is 11.8 Å². The first-order valence-electron chi connectivity index (χ1n) is 6.76. The van der Waals surface area contributed by atoms with Gasteiger partial charge in [-0.1, -0.05) is 33.6 Å². The zero-order valence-corrected chi connectivity index (χ0v) is 12.5. The highest BCUT2D eigenvalue weighted by atomic mass is 16.5. The minimum absolute atomic E-state index is 0.128. The fourth-order valence-electron chi connectivity index (χ4n) is 2.95. The summed E-state index contributed by atoms with van der Waals surface area (Å²) >= 11 is 0. The van der Waals surface area contributed by atoms with E-state index in [1.54, 1.807) is 0 Å². The lowest BCUT2D eigenvalue weighted by molar-refractivity contribution is -0.0215. The molecular weight excluding hydrogens is 226 g/mol. The topological polar surface area (TPSA) is 32.7 Å². The van der Waals surface area contributed by atoms with E-state index in [-0.39, 0.29) is 18.1 Å². The lowest BCUT2D eigenvalue weighted by atomic mass is 9.80. The largest absolute Gasteiger partial charge is 0.387 e. The van der Waals surface area contributed by atoms with E-state index in [1.807, 2.05) is 19.0 Å². The van der Waals surface area contributed by atoms with Crippen molar-refractivity contribution in [3.8, 4) is 12.3 Å². The minimum atomic E-state index is -0.715. The summed E-state index contributed by atoms with van der Waals surface area (Å²) in [7, 11) is 3.83. The summed E-state index contributed by atoms with van der Waals surface area (Å²) in [6.45, 7) is 8.44. The van der Waals surface area contributed by atoms with Crippen molar-refractivity contribution in [2.75, 3.05) is 14.1 Å². The lowest BCUT2D eigenvalue weighted by Gasteiger charge is -2.39. The second-order valence-corrected chi connectivity index (χ2v) is 6.28. The van der Waals surface area contributed by atoms with Crippen molar-refractivity contribution in [2.45, 2.75) is 58.0 Å². The Labute approximate surface area is 112 Å². The van der Waals surface area contributed by atoms with Gasteiger partial charge in [0.15, 0.2) is 0 Å². The Balaban J connectivity index is 3.09. The van der Waals surface area contributed by atoms with Crippen LogP contribution in [0, 0.1) is 24.2 Å². The van der Waals surface area contributed by atoms with Gasteiger partial charge in [0.1, 0.15) is 11.6 Å². The third kappa shape index (κ3) is 2.42. The molecule has 4 atom stereocenters.